The van der Waals surface area contributed by atoms with Crippen molar-refractivity contribution in [2.45, 2.75) is 26.3 Å². The molecule has 1 saturated heterocycles. The van der Waals surface area contributed by atoms with Gasteiger partial charge in [-0.15, -0.1) is 0 Å². The highest BCUT2D eigenvalue weighted by Gasteiger charge is 2.22. The Morgan fingerprint density at radius 2 is 2.04 bits per heavy atom. The lowest BCUT2D eigenvalue weighted by molar-refractivity contribution is 0.245. The van der Waals surface area contributed by atoms with E-state index in [0.717, 1.165) is 32.7 Å². The molecule has 1 fully saturated rings. The zero-order valence-corrected chi connectivity index (χ0v) is 14.5. The highest BCUT2D eigenvalue weighted by atomic mass is 19.1. The van der Waals surface area contributed by atoms with Gasteiger partial charge in [0.25, 0.3) is 6.01 Å². The van der Waals surface area contributed by atoms with Crippen molar-refractivity contribution < 1.29 is 8.81 Å². The average molecular weight is 343 g/mol. The Bertz CT molecular complexity index is 863. The van der Waals surface area contributed by atoms with Crippen molar-refractivity contribution in [1.29, 1.82) is 0 Å². The number of anilines is 1. The molecule has 1 N–H and O–H groups in total. The monoisotopic (exact) mass is 343 g/mol. The molecule has 2 aromatic heterocycles. The summed E-state index contributed by atoms with van der Waals surface area (Å²) in [5, 5.41) is 7.29. The van der Waals surface area contributed by atoms with Crippen LogP contribution in [0.5, 0.6) is 0 Å². The highest BCUT2D eigenvalue weighted by Crippen LogP contribution is 2.24. The fraction of sp³-hybridized carbons (Fsp3) is 0.444. The lowest BCUT2D eigenvalue weighted by atomic mass is 10.1. The third-order valence-electron chi connectivity index (χ3n) is 4.70. The number of piperazine rings is 1. The van der Waals surface area contributed by atoms with E-state index < -0.39 is 0 Å². The van der Waals surface area contributed by atoms with Crippen LogP contribution in [-0.2, 0) is 6.54 Å². The molecule has 7 heteroatoms. The van der Waals surface area contributed by atoms with E-state index in [0.29, 0.717) is 23.0 Å². The summed E-state index contributed by atoms with van der Waals surface area (Å²) < 4.78 is 19.0. The predicted octanol–water partition coefficient (Wildman–Crippen LogP) is 3.14. The van der Waals surface area contributed by atoms with Gasteiger partial charge in [-0.3, -0.25) is 10.00 Å². The predicted molar refractivity (Wildman–Crippen MR) is 94.1 cm³/mol. The van der Waals surface area contributed by atoms with E-state index in [-0.39, 0.29) is 5.82 Å². The first kappa shape index (κ1) is 16.1. The molecule has 0 saturated carbocycles. The standard InChI is InChI=1S/C18H22FN5O/c1-12(2)17-13(10-20-22-17)11-23-5-7-24(8-6-23)18-21-15-4-3-14(19)9-16(15)25-18/h3-4,9-10,12H,5-8,11H2,1-2H3,(H,20,22). The summed E-state index contributed by atoms with van der Waals surface area (Å²) in [4.78, 5) is 9.01. The second-order valence-corrected chi connectivity index (χ2v) is 6.84. The lowest BCUT2D eigenvalue weighted by Crippen LogP contribution is -2.46. The Morgan fingerprint density at radius 1 is 1.24 bits per heavy atom. The maximum atomic E-state index is 13.3. The molecule has 1 aliphatic heterocycles. The number of hydrogen-bond acceptors (Lipinski definition) is 5. The van der Waals surface area contributed by atoms with Crippen LogP contribution in [0.25, 0.3) is 11.1 Å². The van der Waals surface area contributed by atoms with Gasteiger partial charge in [-0.05, 0) is 18.1 Å². The van der Waals surface area contributed by atoms with Crippen molar-refractivity contribution in [3.05, 3.63) is 41.5 Å². The van der Waals surface area contributed by atoms with Crippen LogP contribution >= 0.6 is 0 Å². The molecule has 0 atom stereocenters. The van der Waals surface area contributed by atoms with Crippen molar-refractivity contribution >= 4 is 17.1 Å². The number of H-pyrrole nitrogens is 1. The van der Waals surface area contributed by atoms with Crippen LogP contribution in [0.15, 0.2) is 28.8 Å². The van der Waals surface area contributed by atoms with Crippen LogP contribution in [0.1, 0.15) is 31.0 Å². The van der Waals surface area contributed by atoms with E-state index >= 15 is 0 Å². The summed E-state index contributed by atoms with van der Waals surface area (Å²) in [7, 11) is 0. The van der Waals surface area contributed by atoms with Gasteiger partial charge in [0.05, 0.1) is 6.20 Å². The summed E-state index contributed by atoms with van der Waals surface area (Å²) in [6.07, 6.45) is 1.93. The highest BCUT2D eigenvalue weighted by molar-refractivity contribution is 5.74. The normalized spacial score (nSPS) is 16.2. The largest absolute Gasteiger partial charge is 0.423 e. The number of aromatic amines is 1. The molecule has 3 heterocycles. The molecule has 0 bridgehead atoms. The minimum absolute atomic E-state index is 0.305. The van der Waals surface area contributed by atoms with Crippen LogP contribution in [-0.4, -0.2) is 46.3 Å². The van der Waals surface area contributed by atoms with Gasteiger partial charge < -0.3 is 9.32 Å². The van der Waals surface area contributed by atoms with Crippen LogP contribution in [0.2, 0.25) is 0 Å². The van der Waals surface area contributed by atoms with Gasteiger partial charge in [0.15, 0.2) is 5.58 Å². The number of benzene rings is 1. The topological polar surface area (TPSA) is 61.2 Å². The molecule has 1 aromatic carbocycles. The van der Waals surface area contributed by atoms with Crippen molar-refractivity contribution in [3.63, 3.8) is 0 Å². The molecule has 0 aliphatic carbocycles. The molecule has 0 unspecified atom stereocenters. The lowest BCUT2D eigenvalue weighted by Gasteiger charge is -2.33. The number of aromatic nitrogens is 3. The number of oxazole rings is 1. The van der Waals surface area contributed by atoms with Crippen LogP contribution in [0, 0.1) is 5.82 Å². The summed E-state index contributed by atoms with van der Waals surface area (Å²) in [6, 6.07) is 5.02. The van der Waals surface area contributed by atoms with E-state index in [1.54, 1.807) is 6.07 Å². The molecule has 4 rings (SSSR count). The SMILES string of the molecule is CC(C)c1[nH]ncc1CN1CCN(c2nc3ccc(F)cc3o2)CC1. The first-order chi connectivity index (χ1) is 12.1. The first-order valence-corrected chi connectivity index (χ1v) is 8.65. The molecule has 132 valence electrons. The molecule has 6 nitrogen and oxygen atoms in total. The number of halogens is 1. The van der Waals surface area contributed by atoms with Crippen molar-refractivity contribution in [1.82, 2.24) is 20.1 Å². The van der Waals surface area contributed by atoms with Gasteiger partial charge in [-0.25, -0.2) is 4.39 Å². The number of nitrogens with one attached hydrogen (secondary N) is 1. The van der Waals surface area contributed by atoms with Gasteiger partial charge in [-0.2, -0.15) is 10.1 Å². The van der Waals surface area contributed by atoms with Crippen LogP contribution < -0.4 is 4.90 Å². The van der Waals surface area contributed by atoms with E-state index in [4.69, 9.17) is 4.42 Å². The minimum atomic E-state index is -0.305. The molecule has 25 heavy (non-hydrogen) atoms. The summed E-state index contributed by atoms with van der Waals surface area (Å²) >= 11 is 0. The number of nitrogens with zero attached hydrogens (tertiary/aromatic N) is 4. The van der Waals surface area contributed by atoms with Gasteiger partial charge >= 0.3 is 0 Å². The smallest absolute Gasteiger partial charge is 0.298 e. The maximum absolute atomic E-state index is 13.3. The second kappa shape index (κ2) is 6.48. The Hall–Kier alpha value is -2.41. The van der Waals surface area contributed by atoms with Crippen LogP contribution in [0.3, 0.4) is 0 Å². The van der Waals surface area contributed by atoms with Gasteiger partial charge in [-0.1, -0.05) is 13.8 Å². The molecule has 1 aliphatic rings. The summed E-state index contributed by atoms with van der Waals surface area (Å²) in [5.41, 5.74) is 3.67. The number of rotatable bonds is 4. The molecular formula is C18H22FN5O. The zero-order valence-electron chi connectivity index (χ0n) is 14.5. The number of hydrogen-bond donors (Lipinski definition) is 1. The Morgan fingerprint density at radius 3 is 2.80 bits per heavy atom. The molecule has 0 spiro atoms. The molecular weight excluding hydrogens is 321 g/mol. The quantitative estimate of drug-likeness (QED) is 0.789. The van der Waals surface area contributed by atoms with Crippen molar-refractivity contribution in [2.75, 3.05) is 31.1 Å². The zero-order chi connectivity index (χ0) is 17.4. The molecule has 0 amide bonds. The molecule has 0 radical (unpaired) electrons. The van der Waals surface area contributed by atoms with Gasteiger partial charge in [0.2, 0.25) is 0 Å². The third kappa shape index (κ3) is 3.24. The first-order valence-electron chi connectivity index (χ1n) is 8.65. The Kier molecular flexibility index (Phi) is 4.17. The van der Waals surface area contributed by atoms with Crippen molar-refractivity contribution in [3.8, 4) is 0 Å². The van der Waals surface area contributed by atoms with E-state index in [1.165, 1.54) is 23.4 Å². The van der Waals surface area contributed by atoms with Gasteiger partial charge in [0, 0.05) is 50.0 Å². The van der Waals surface area contributed by atoms with Crippen LogP contribution in [0.4, 0.5) is 10.4 Å². The molecule has 3 aromatic rings. The fourth-order valence-corrected chi connectivity index (χ4v) is 3.31. The summed E-state index contributed by atoms with van der Waals surface area (Å²) in [6.45, 7) is 8.77. The van der Waals surface area contributed by atoms with E-state index in [1.807, 2.05) is 6.20 Å². The minimum Gasteiger partial charge on any atom is -0.423 e. The number of fused-ring (bicyclic) bond motifs is 1. The fourth-order valence-electron chi connectivity index (χ4n) is 3.31. The van der Waals surface area contributed by atoms with Crippen molar-refractivity contribution in [2.24, 2.45) is 0 Å². The second-order valence-electron chi connectivity index (χ2n) is 6.84. The van der Waals surface area contributed by atoms with E-state index in [9.17, 15) is 4.39 Å². The maximum Gasteiger partial charge on any atom is 0.298 e. The Balaban J connectivity index is 1.41. The van der Waals surface area contributed by atoms with Gasteiger partial charge in [0.1, 0.15) is 11.3 Å². The average Bonchev–Trinajstić information content (AvgIpc) is 3.21. The van der Waals surface area contributed by atoms with E-state index in [2.05, 4.69) is 38.8 Å². The Labute approximate surface area is 145 Å². The third-order valence-corrected chi connectivity index (χ3v) is 4.70. The summed E-state index contributed by atoms with van der Waals surface area (Å²) in [5.74, 6) is 0.139.